The Hall–Kier alpha value is -3.59. The summed E-state index contributed by atoms with van der Waals surface area (Å²) in [6.07, 6.45) is 124. The van der Waals surface area contributed by atoms with Crippen molar-refractivity contribution in [1.29, 1.82) is 0 Å². The third-order valence-electron chi connectivity index (χ3n) is 19.3. The lowest BCUT2D eigenvalue weighted by Gasteiger charge is -2.19. The number of allylic oxidation sites excluding steroid dienone is 20. The van der Waals surface area contributed by atoms with Crippen molar-refractivity contribution < 1.29 is 37.6 Å². The normalized spacial score (nSPS) is 13.4. The molecule has 0 rings (SSSR count). The third kappa shape index (κ3) is 87.2. The number of phosphoric acid groups is 1. The molecule has 0 aromatic carbocycles. The van der Waals surface area contributed by atoms with Crippen LogP contribution < -0.4 is 5.73 Å². The predicted molar refractivity (Wildman–Crippen MR) is 450 cm³/mol. The van der Waals surface area contributed by atoms with Crippen LogP contribution in [0.5, 0.6) is 0 Å². The molecule has 0 fully saturated rings. The first-order valence-electron chi connectivity index (χ1n) is 44.0. The van der Waals surface area contributed by atoms with Crippen LogP contribution in [0.25, 0.3) is 0 Å². The Bertz CT molecular complexity index is 2120. The fourth-order valence-electron chi connectivity index (χ4n) is 12.9. The van der Waals surface area contributed by atoms with Gasteiger partial charge in [-0.25, -0.2) is 4.57 Å². The maximum Gasteiger partial charge on any atom is 0.472 e. The SMILES string of the molecule is CC/C=C\C/C=C\C/C=C\C/C=C\C/C=C\C/C=C\C/C=C\C/C=C\CCCCCCCCCCCCCCCCCCC(=O)OC(COC(=O)CCCCCCCCCCCCCCCCCCCCCCCCCCCCCCC/C=C\C/C=C\CCCCCCC)COP(=O)(O)OCCN. The lowest BCUT2D eigenvalue weighted by molar-refractivity contribution is -0.161. The van der Waals surface area contributed by atoms with Crippen molar-refractivity contribution in [3.8, 4) is 0 Å². The van der Waals surface area contributed by atoms with Crippen molar-refractivity contribution in [1.82, 2.24) is 0 Å². The average Bonchev–Trinajstić information content (AvgIpc) is 0.970. The molecule has 0 saturated heterocycles. The fraction of sp³-hybridized carbons (Fsp3) is 0.763. The average molecular weight is 1460 g/mol. The number of nitrogens with two attached hydrogens (primary N) is 1. The monoisotopic (exact) mass is 1460 g/mol. The van der Waals surface area contributed by atoms with Crippen molar-refractivity contribution in [3.05, 3.63) is 122 Å². The van der Waals surface area contributed by atoms with Crippen molar-refractivity contribution in [2.45, 2.75) is 431 Å². The summed E-state index contributed by atoms with van der Waals surface area (Å²) >= 11 is 0. The Morgan fingerprint density at radius 2 is 0.534 bits per heavy atom. The molecule has 0 bridgehead atoms. The number of unbranched alkanes of at least 4 members (excludes halogenated alkanes) is 50. The number of carbonyl (C=O) groups is 2. The van der Waals surface area contributed by atoms with E-state index in [1.165, 1.54) is 295 Å². The predicted octanol–water partition coefficient (Wildman–Crippen LogP) is 30.1. The number of carbonyl (C=O) groups excluding carboxylic acids is 2. The first-order chi connectivity index (χ1) is 50.8. The van der Waals surface area contributed by atoms with E-state index in [4.69, 9.17) is 24.3 Å². The number of esters is 2. The number of phosphoric ester groups is 1. The van der Waals surface area contributed by atoms with Gasteiger partial charge in [0.2, 0.25) is 0 Å². The van der Waals surface area contributed by atoms with E-state index in [2.05, 4.69) is 135 Å². The van der Waals surface area contributed by atoms with Gasteiger partial charge in [0.05, 0.1) is 13.2 Å². The molecule has 0 aliphatic carbocycles. The second kappa shape index (κ2) is 87.3. The van der Waals surface area contributed by atoms with Gasteiger partial charge in [0.25, 0.3) is 0 Å². The molecule has 10 heteroatoms. The number of ether oxygens (including phenoxy) is 2. The molecule has 0 radical (unpaired) electrons. The first kappa shape index (κ1) is 99.4. The van der Waals surface area contributed by atoms with Gasteiger partial charge in [-0.1, -0.05) is 424 Å². The van der Waals surface area contributed by atoms with Gasteiger partial charge in [-0.15, -0.1) is 0 Å². The van der Waals surface area contributed by atoms with E-state index in [1.807, 2.05) is 0 Å². The van der Waals surface area contributed by atoms with Crippen molar-refractivity contribution in [2.75, 3.05) is 26.4 Å². The Kier molecular flexibility index (Phi) is 84.3. The van der Waals surface area contributed by atoms with E-state index in [0.717, 1.165) is 96.3 Å². The molecule has 0 spiro atoms. The van der Waals surface area contributed by atoms with Crippen LogP contribution in [-0.4, -0.2) is 49.3 Å². The van der Waals surface area contributed by atoms with Crippen LogP contribution >= 0.6 is 7.82 Å². The van der Waals surface area contributed by atoms with Crippen LogP contribution in [0, 0.1) is 0 Å². The minimum atomic E-state index is -4.40. The third-order valence-corrected chi connectivity index (χ3v) is 20.3. The van der Waals surface area contributed by atoms with Crippen LogP contribution in [0.1, 0.15) is 425 Å². The zero-order chi connectivity index (χ0) is 74.3. The number of rotatable bonds is 83. The Labute approximate surface area is 638 Å². The van der Waals surface area contributed by atoms with E-state index < -0.39 is 26.5 Å². The molecule has 0 aromatic heterocycles. The first-order valence-corrected chi connectivity index (χ1v) is 45.5. The molecule has 0 heterocycles. The summed E-state index contributed by atoms with van der Waals surface area (Å²) in [4.78, 5) is 35.5. The standard InChI is InChI=1S/C93H166NO8P/c1-3-5-7-9-11-13-15-17-19-21-23-25-27-29-31-33-35-37-39-41-43-45-47-49-51-53-55-57-59-61-63-65-67-69-71-73-75-77-79-81-83-85-92(95)99-89-91(90-101-103(97,98)100-88-87-94)102-93(96)86-84-82-80-78-76-74-72-70-68-66-64-62-60-58-56-54-52-50-48-46-44-42-40-38-36-34-32-30-28-26-24-22-20-18-16-14-12-10-8-6-4-2/h6,8,12,14-15,17-18,20-21,23-24,26,30,32,36,38,42,44,48,50,91H,3-5,7,9-11,13,16,19,22,25,27-29,31,33-35,37,39-41,43,45-47,49,51-90,94H2,1-2H3,(H,97,98)/b8-6-,14-12-,17-15-,20-18-,23-21-,26-24-,32-30-,38-36-,44-42-,50-48-. The molecule has 0 aromatic rings. The summed E-state index contributed by atoms with van der Waals surface area (Å²) in [6.45, 7) is 3.68. The Morgan fingerprint density at radius 3 is 0.796 bits per heavy atom. The quantitative estimate of drug-likeness (QED) is 0.0264. The summed E-state index contributed by atoms with van der Waals surface area (Å²) in [5.74, 6) is -0.810. The summed E-state index contributed by atoms with van der Waals surface area (Å²) in [7, 11) is -4.40. The second-order valence-electron chi connectivity index (χ2n) is 29.4. The minimum absolute atomic E-state index is 0.0523. The molecular formula is C93H166NO8P. The molecule has 2 unspecified atom stereocenters. The van der Waals surface area contributed by atoms with Gasteiger partial charge >= 0.3 is 19.8 Å². The highest BCUT2D eigenvalue weighted by atomic mass is 31.2. The summed E-state index contributed by atoms with van der Waals surface area (Å²) in [5, 5.41) is 0. The summed E-state index contributed by atoms with van der Waals surface area (Å²) in [5.41, 5.74) is 5.42. The smallest absolute Gasteiger partial charge is 0.462 e. The van der Waals surface area contributed by atoms with Crippen molar-refractivity contribution in [2.24, 2.45) is 5.73 Å². The number of hydrogen-bond acceptors (Lipinski definition) is 8. The van der Waals surface area contributed by atoms with Gasteiger partial charge in [0.1, 0.15) is 6.61 Å². The topological polar surface area (TPSA) is 134 Å². The lowest BCUT2D eigenvalue weighted by Crippen LogP contribution is -2.29. The molecule has 596 valence electrons. The van der Waals surface area contributed by atoms with Gasteiger partial charge in [0, 0.05) is 19.4 Å². The van der Waals surface area contributed by atoms with E-state index in [1.54, 1.807) is 0 Å². The summed E-state index contributed by atoms with van der Waals surface area (Å²) < 4.78 is 33.3. The van der Waals surface area contributed by atoms with E-state index in [-0.39, 0.29) is 38.6 Å². The molecule has 103 heavy (non-hydrogen) atoms. The molecule has 0 saturated carbocycles. The van der Waals surface area contributed by atoms with E-state index in [0.29, 0.717) is 6.42 Å². The molecule has 9 nitrogen and oxygen atoms in total. The number of hydrogen-bond donors (Lipinski definition) is 2. The Morgan fingerprint density at radius 1 is 0.301 bits per heavy atom. The summed E-state index contributed by atoms with van der Waals surface area (Å²) in [6, 6.07) is 0. The maximum atomic E-state index is 12.8. The van der Waals surface area contributed by atoms with Gasteiger partial charge < -0.3 is 20.1 Å². The van der Waals surface area contributed by atoms with Crippen LogP contribution in [0.2, 0.25) is 0 Å². The highest BCUT2D eigenvalue weighted by Crippen LogP contribution is 2.43. The maximum absolute atomic E-state index is 12.8. The zero-order valence-electron chi connectivity index (χ0n) is 67.5. The van der Waals surface area contributed by atoms with Gasteiger partial charge in [-0.3, -0.25) is 18.6 Å². The lowest BCUT2D eigenvalue weighted by atomic mass is 10.0. The molecular weight excluding hydrogens is 1290 g/mol. The minimum Gasteiger partial charge on any atom is -0.462 e. The second-order valence-corrected chi connectivity index (χ2v) is 30.8. The van der Waals surface area contributed by atoms with Crippen LogP contribution in [0.3, 0.4) is 0 Å². The van der Waals surface area contributed by atoms with E-state index >= 15 is 0 Å². The molecule has 0 aliphatic rings. The highest BCUT2D eigenvalue weighted by molar-refractivity contribution is 7.47. The van der Waals surface area contributed by atoms with Crippen LogP contribution in [0.15, 0.2) is 122 Å². The van der Waals surface area contributed by atoms with Crippen LogP contribution in [-0.2, 0) is 32.7 Å². The van der Waals surface area contributed by atoms with E-state index in [9.17, 15) is 19.0 Å². The van der Waals surface area contributed by atoms with Gasteiger partial charge in [-0.2, -0.15) is 0 Å². The van der Waals surface area contributed by atoms with Crippen LogP contribution in [0.4, 0.5) is 0 Å². The molecule has 0 aliphatic heterocycles. The van der Waals surface area contributed by atoms with Crippen molar-refractivity contribution >= 4 is 19.8 Å². The largest absolute Gasteiger partial charge is 0.472 e. The zero-order valence-corrected chi connectivity index (χ0v) is 68.4. The van der Waals surface area contributed by atoms with Gasteiger partial charge in [0.15, 0.2) is 6.10 Å². The van der Waals surface area contributed by atoms with Crippen molar-refractivity contribution in [3.63, 3.8) is 0 Å². The Balaban J connectivity index is 3.76. The molecule has 3 N–H and O–H groups in total. The van der Waals surface area contributed by atoms with Gasteiger partial charge in [-0.05, 0) is 109 Å². The molecule has 2 atom stereocenters. The molecule has 0 amide bonds. The highest BCUT2D eigenvalue weighted by Gasteiger charge is 2.26. The fourth-order valence-corrected chi connectivity index (χ4v) is 13.6.